The third kappa shape index (κ3) is 4.57. The van der Waals surface area contributed by atoms with Crippen molar-refractivity contribution in [2.45, 2.75) is 44.9 Å². The fourth-order valence-corrected chi connectivity index (χ4v) is 4.64. The summed E-state index contributed by atoms with van der Waals surface area (Å²) in [6, 6.07) is 7.63. The van der Waals surface area contributed by atoms with E-state index in [9.17, 15) is 9.59 Å². The highest BCUT2D eigenvalue weighted by Gasteiger charge is 2.26. The second-order valence-corrected chi connectivity index (χ2v) is 8.35. The van der Waals surface area contributed by atoms with Crippen LogP contribution >= 0.6 is 0 Å². The molecular formula is C23H31N3O3. The Morgan fingerprint density at radius 1 is 1.03 bits per heavy atom. The highest BCUT2D eigenvalue weighted by Crippen LogP contribution is 2.27. The van der Waals surface area contributed by atoms with E-state index in [-0.39, 0.29) is 11.8 Å². The fourth-order valence-electron chi connectivity index (χ4n) is 4.64. The van der Waals surface area contributed by atoms with Gasteiger partial charge in [-0.3, -0.25) is 9.59 Å². The number of fused-ring (bicyclic) bond motifs is 1. The van der Waals surface area contributed by atoms with E-state index in [4.69, 9.17) is 4.74 Å². The van der Waals surface area contributed by atoms with Crippen molar-refractivity contribution in [3.63, 3.8) is 0 Å². The first-order valence-corrected chi connectivity index (χ1v) is 10.9. The second-order valence-electron chi connectivity index (χ2n) is 8.35. The topological polar surface area (TPSA) is 65.6 Å². The second kappa shape index (κ2) is 8.89. The molecule has 4 rings (SSSR count). The van der Waals surface area contributed by atoms with Crippen LogP contribution in [0.1, 0.15) is 55.4 Å². The third-order valence-corrected chi connectivity index (χ3v) is 6.47. The van der Waals surface area contributed by atoms with Gasteiger partial charge in [0.1, 0.15) is 11.4 Å². The van der Waals surface area contributed by atoms with Gasteiger partial charge in [0.25, 0.3) is 5.91 Å². The summed E-state index contributed by atoms with van der Waals surface area (Å²) in [4.78, 5) is 32.4. The Balaban J connectivity index is 1.29. The van der Waals surface area contributed by atoms with Gasteiger partial charge in [0.05, 0.1) is 7.11 Å². The Bertz CT molecular complexity index is 861. The maximum absolute atomic E-state index is 12.9. The van der Waals surface area contributed by atoms with Gasteiger partial charge >= 0.3 is 0 Å². The van der Waals surface area contributed by atoms with Gasteiger partial charge in [-0.15, -0.1) is 0 Å². The van der Waals surface area contributed by atoms with Crippen LogP contribution in [-0.2, 0) is 4.79 Å². The van der Waals surface area contributed by atoms with E-state index in [1.165, 1.54) is 32.1 Å². The first-order valence-electron chi connectivity index (χ1n) is 10.9. The summed E-state index contributed by atoms with van der Waals surface area (Å²) < 4.78 is 5.25. The molecule has 1 aliphatic heterocycles. The van der Waals surface area contributed by atoms with Gasteiger partial charge in [0.2, 0.25) is 5.91 Å². The van der Waals surface area contributed by atoms with Crippen LogP contribution < -0.4 is 4.74 Å². The molecule has 0 radical (unpaired) electrons. The highest BCUT2D eigenvalue weighted by molar-refractivity contribution is 5.98. The Hall–Kier alpha value is -2.50. The number of ether oxygens (including phenoxy) is 1. The van der Waals surface area contributed by atoms with Crippen molar-refractivity contribution in [1.82, 2.24) is 14.8 Å². The Morgan fingerprint density at radius 2 is 1.76 bits per heavy atom. The van der Waals surface area contributed by atoms with Crippen LogP contribution in [0.15, 0.2) is 24.3 Å². The summed E-state index contributed by atoms with van der Waals surface area (Å²) in [7, 11) is 1.63. The molecule has 2 heterocycles. The largest absolute Gasteiger partial charge is 0.497 e. The summed E-state index contributed by atoms with van der Waals surface area (Å²) in [5.41, 5.74) is 1.48. The number of carbonyl (C=O) groups is 2. The van der Waals surface area contributed by atoms with Crippen LogP contribution in [0.4, 0.5) is 0 Å². The number of carbonyl (C=O) groups excluding carboxylic acids is 2. The molecule has 1 aromatic heterocycles. The minimum absolute atomic E-state index is 0.00512. The molecule has 0 unspecified atom stereocenters. The molecule has 1 saturated carbocycles. The van der Waals surface area contributed by atoms with Crippen LogP contribution in [-0.4, -0.2) is 59.9 Å². The number of hydrogen-bond acceptors (Lipinski definition) is 3. The summed E-state index contributed by atoms with van der Waals surface area (Å²) in [6.45, 7) is 2.44. The number of methoxy groups -OCH3 is 1. The molecule has 6 heteroatoms. The lowest BCUT2D eigenvalue weighted by atomic mass is 9.86. The van der Waals surface area contributed by atoms with Gasteiger partial charge in [-0.25, -0.2) is 0 Å². The van der Waals surface area contributed by atoms with E-state index in [2.05, 4.69) is 4.98 Å². The van der Waals surface area contributed by atoms with Gasteiger partial charge in [-0.1, -0.05) is 32.1 Å². The Kier molecular flexibility index (Phi) is 6.07. The molecule has 2 aliphatic rings. The smallest absolute Gasteiger partial charge is 0.270 e. The lowest BCUT2D eigenvalue weighted by Gasteiger charge is -2.35. The zero-order valence-electron chi connectivity index (χ0n) is 17.3. The number of nitrogens with one attached hydrogen (secondary N) is 1. The van der Waals surface area contributed by atoms with Crippen molar-refractivity contribution >= 4 is 22.7 Å². The standard InChI is InChI=1S/C23H31N3O3/c1-29-19-9-8-18-15-21(24-20(18)16-19)23(28)26-13-11-25(12-14-26)22(27)10-7-17-5-3-2-4-6-17/h8-9,15-17,24H,2-7,10-14H2,1H3. The molecule has 0 bridgehead atoms. The van der Waals surface area contributed by atoms with Crippen molar-refractivity contribution in [3.8, 4) is 5.75 Å². The third-order valence-electron chi connectivity index (χ3n) is 6.47. The first-order chi connectivity index (χ1) is 14.1. The average Bonchev–Trinajstić information content (AvgIpc) is 3.21. The molecule has 1 N–H and O–H groups in total. The quantitative estimate of drug-likeness (QED) is 0.834. The first kappa shape index (κ1) is 19.8. The van der Waals surface area contributed by atoms with Crippen LogP contribution in [0.5, 0.6) is 5.75 Å². The van der Waals surface area contributed by atoms with Gasteiger partial charge < -0.3 is 19.5 Å². The van der Waals surface area contributed by atoms with Gasteiger partial charge in [0.15, 0.2) is 0 Å². The number of nitrogens with zero attached hydrogens (tertiary/aromatic N) is 2. The maximum Gasteiger partial charge on any atom is 0.270 e. The molecular weight excluding hydrogens is 366 g/mol. The van der Waals surface area contributed by atoms with E-state index in [0.717, 1.165) is 29.0 Å². The number of benzene rings is 1. The van der Waals surface area contributed by atoms with Crippen molar-refractivity contribution in [2.24, 2.45) is 5.92 Å². The number of aromatic nitrogens is 1. The molecule has 2 fully saturated rings. The molecule has 1 aliphatic carbocycles. The van der Waals surface area contributed by atoms with Gasteiger partial charge in [0, 0.05) is 49.6 Å². The number of piperazine rings is 1. The van der Waals surface area contributed by atoms with Crippen molar-refractivity contribution < 1.29 is 14.3 Å². The van der Waals surface area contributed by atoms with Crippen molar-refractivity contribution in [1.29, 1.82) is 0 Å². The van der Waals surface area contributed by atoms with E-state index in [1.807, 2.05) is 34.1 Å². The zero-order valence-corrected chi connectivity index (χ0v) is 17.3. The highest BCUT2D eigenvalue weighted by atomic mass is 16.5. The molecule has 29 heavy (non-hydrogen) atoms. The van der Waals surface area contributed by atoms with Crippen LogP contribution in [0.2, 0.25) is 0 Å². The molecule has 1 aromatic carbocycles. The van der Waals surface area contributed by atoms with Gasteiger partial charge in [-0.05, 0) is 30.5 Å². The number of H-pyrrole nitrogens is 1. The summed E-state index contributed by atoms with van der Waals surface area (Å²) in [5, 5.41) is 0.991. The number of hydrogen-bond donors (Lipinski definition) is 1. The van der Waals surface area contributed by atoms with Crippen molar-refractivity contribution in [3.05, 3.63) is 30.0 Å². The van der Waals surface area contributed by atoms with Crippen LogP contribution in [0.25, 0.3) is 10.9 Å². The molecule has 0 atom stereocenters. The summed E-state index contributed by atoms with van der Waals surface area (Å²) in [5.74, 6) is 1.74. The predicted octanol–water partition coefficient (Wildman–Crippen LogP) is 3.82. The molecule has 1 saturated heterocycles. The van der Waals surface area contributed by atoms with Crippen molar-refractivity contribution in [2.75, 3.05) is 33.3 Å². The summed E-state index contributed by atoms with van der Waals surface area (Å²) in [6.07, 6.45) is 8.24. The molecule has 2 amide bonds. The molecule has 2 aromatic rings. The number of amides is 2. The normalized spacial score (nSPS) is 18.2. The maximum atomic E-state index is 12.9. The SMILES string of the molecule is COc1ccc2cc(C(=O)N3CCN(C(=O)CCC4CCCCC4)CC3)[nH]c2c1. The monoisotopic (exact) mass is 397 g/mol. The Labute approximate surface area is 172 Å². The van der Waals surface area contributed by atoms with E-state index in [1.54, 1.807) is 7.11 Å². The van der Waals surface area contributed by atoms with Gasteiger partial charge in [-0.2, -0.15) is 0 Å². The van der Waals surface area contributed by atoms with E-state index < -0.39 is 0 Å². The van der Waals surface area contributed by atoms with Crippen LogP contribution in [0, 0.1) is 5.92 Å². The predicted molar refractivity (Wildman–Crippen MR) is 113 cm³/mol. The lowest BCUT2D eigenvalue weighted by molar-refractivity contribution is -0.133. The van der Waals surface area contributed by atoms with Crippen LogP contribution in [0.3, 0.4) is 0 Å². The minimum Gasteiger partial charge on any atom is -0.497 e. The van der Waals surface area contributed by atoms with E-state index >= 15 is 0 Å². The zero-order chi connectivity index (χ0) is 20.2. The molecule has 6 nitrogen and oxygen atoms in total. The molecule has 156 valence electrons. The average molecular weight is 398 g/mol. The number of rotatable bonds is 5. The minimum atomic E-state index is -0.00512. The lowest BCUT2D eigenvalue weighted by Crippen LogP contribution is -2.50. The Morgan fingerprint density at radius 3 is 2.48 bits per heavy atom. The summed E-state index contributed by atoms with van der Waals surface area (Å²) >= 11 is 0. The fraction of sp³-hybridized carbons (Fsp3) is 0.565. The number of aromatic amines is 1. The molecule has 0 spiro atoms. The van der Waals surface area contributed by atoms with E-state index in [0.29, 0.717) is 38.3 Å².